The standard InChI is InChI=1S/C6H5.Ni.H3O3P/c1-2-4-6-5-3-1;;1-4(2)3/h1-5H;;4H,(H2,1,2,3). The summed E-state index contributed by atoms with van der Waals surface area (Å²) in [7, 11) is -3.13. The minimum absolute atomic E-state index is 0.947. The molecule has 1 rings (SSSR count). The van der Waals surface area contributed by atoms with Gasteiger partial charge in [0.1, 0.15) is 0 Å². The first-order valence-corrected chi connectivity index (χ1v) is 4.52. The van der Waals surface area contributed by atoms with Crippen LogP contribution in [0.2, 0.25) is 0 Å². The molecule has 0 atom stereocenters. The van der Waals surface area contributed by atoms with Crippen LogP contribution < -0.4 is 4.53 Å². The van der Waals surface area contributed by atoms with Crippen LogP contribution in [0.5, 0.6) is 0 Å². The maximum absolute atomic E-state index is 8.74. The van der Waals surface area contributed by atoms with Gasteiger partial charge in [-0.15, -0.1) is 0 Å². The van der Waals surface area contributed by atoms with Crippen molar-refractivity contribution in [2.45, 2.75) is 0 Å². The summed E-state index contributed by atoms with van der Waals surface area (Å²) in [6.07, 6.45) is 0. The summed E-state index contributed by atoms with van der Waals surface area (Å²) in [5.41, 5.74) is 0. The van der Waals surface area contributed by atoms with E-state index >= 15 is 0 Å². The van der Waals surface area contributed by atoms with E-state index in [2.05, 4.69) is 15.5 Å². The van der Waals surface area contributed by atoms with Gasteiger partial charge >= 0.3 is 58.6 Å². The van der Waals surface area contributed by atoms with E-state index in [0.717, 1.165) is 4.53 Å². The van der Waals surface area contributed by atoms with E-state index in [9.17, 15) is 0 Å². The van der Waals surface area contributed by atoms with Crippen molar-refractivity contribution in [3.05, 3.63) is 30.3 Å². The van der Waals surface area contributed by atoms with Gasteiger partial charge in [-0.2, -0.15) is 0 Å². The van der Waals surface area contributed by atoms with Gasteiger partial charge in [-0.1, -0.05) is 0 Å². The molecule has 0 amide bonds. The fourth-order valence-electron chi connectivity index (χ4n) is 0.403. The van der Waals surface area contributed by atoms with Crippen LogP contribution in [0.25, 0.3) is 0 Å². The number of hydrogen-bond donors (Lipinski definition) is 2. The predicted octanol–water partition coefficient (Wildman–Crippen LogP) is 0.219. The molecule has 0 aromatic heterocycles. The van der Waals surface area contributed by atoms with Gasteiger partial charge in [0.05, 0.1) is 0 Å². The van der Waals surface area contributed by atoms with Crippen LogP contribution in [0.3, 0.4) is 0 Å². The quantitative estimate of drug-likeness (QED) is 0.483. The Morgan fingerprint density at radius 3 is 1.73 bits per heavy atom. The number of benzene rings is 1. The summed E-state index contributed by atoms with van der Waals surface area (Å²) >= 11 is 4.54. The van der Waals surface area contributed by atoms with Crippen molar-refractivity contribution in [3.63, 3.8) is 0 Å². The van der Waals surface area contributed by atoms with Crippen molar-refractivity contribution in [2.75, 3.05) is 0 Å². The average molecular weight is 218 g/mol. The molecule has 0 saturated carbocycles. The van der Waals surface area contributed by atoms with Gasteiger partial charge in [-0.05, 0) is 0 Å². The van der Waals surface area contributed by atoms with Gasteiger partial charge in [0.15, 0.2) is 0 Å². The summed E-state index contributed by atoms with van der Waals surface area (Å²) < 4.78 is 9.69. The van der Waals surface area contributed by atoms with E-state index in [1.165, 1.54) is 0 Å². The summed E-state index contributed by atoms with van der Waals surface area (Å²) in [6, 6.07) is 9.68. The van der Waals surface area contributed by atoms with E-state index in [1.807, 2.05) is 30.3 Å². The molecular formula is C6H8NiO3P. The molecule has 11 heavy (non-hydrogen) atoms. The molecule has 1 aromatic rings. The van der Waals surface area contributed by atoms with E-state index in [1.54, 1.807) is 0 Å². The van der Waals surface area contributed by atoms with E-state index < -0.39 is 8.25 Å². The van der Waals surface area contributed by atoms with Crippen molar-refractivity contribution in [1.82, 2.24) is 0 Å². The molecule has 0 bridgehead atoms. The molecule has 0 unspecified atom stereocenters. The number of rotatable bonds is 0. The van der Waals surface area contributed by atoms with Crippen LogP contribution in [0.15, 0.2) is 30.3 Å². The molecular weight excluding hydrogens is 210 g/mol. The SMILES string of the molecule is O=[PH](O)O.[Ni][c]1ccccc1. The van der Waals surface area contributed by atoms with Gasteiger partial charge in [0.25, 0.3) is 0 Å². The van der Waals surface area contributed by atoms with Crippen molar-refractivity contribution in [1.29, 1.82) is 0 Å². The van der Waals surface area contributed by atoms with Gasteiger partial charge in [0.2, 0.25) is 0 Å². The second-order valence-corrected chi connectivity index (χ2v) is 2.68. The fourth-order valence-corrected chi connectivity index (χ4v) is 0.593. The molecule has 0 saturated heterocycles. The van der Waals surface area contributed by atoms with Crippen LogP contribution in [0.1, 0.15) is 0 Å². The topological polar surface area (TPSA) is 57.5 Å². The van der Waals surface area contributed by atoms with E-state index in [4.69, 9.17) is 14.4 Å². The van der Waals surface area contributed by atoms with Crippen molar-refractivity contribution in [3.8, 4) is 0 Å². The Bertz CT molecular complexity index is 210. The summed E-state index contributed by atoms with van der Waals surface area (Å²) in [5.74, 6) is 0. The first kappa shape index (κ1) is 10.9. The van der Waals surface area contributed by atoms with Crippen molar-refractivity contribution in [2.24, 2.45) is 0 Å². The maximum atomic E-state index is 8.74. The molecule has 0 aliphatic rings. The average Bonchev–Trinajstić information content (AvgIpc) is 1.87. The van der Waals surface area contributed by atoms with Crippen LogP contribution in [0, 0.1) is 0 Å². The third-order valence-electron chi connectivity index (χ3n) is 0.713. The zero-order chi connectivity index (χ0) is 8.69. The van der Waals surface area contributed by atoms with Crippen LogP contribution in [-0.4, -0.2) is 9.79 Å². The van der Waals surface area contributed by atoms with Gasteiger partial charge in [0, 0.05) is 0 Å². The predicted molar refractivity (Wildman–Crippen MR) is 39.5 cm³/mol. The van der Waals surface area contributed by atoms with Gasteiger partial charge in [-0.25, -0.2) is 0 Å². The zero-order valence-corrected chi connectivity index (χ0v) is 7.49. The first-order chi connectivity index (χ1) is 5.13. The van der Waals surface area contributed by atoms with Gasteiger partial charge < -0.3 is 9.79 Å². The van der Waals surface area contributed by atoms with Crippen molar-refractivity contribution >= 4 is 12.8 Å². The molecule has 0 fully saturated rings. The van der Waals surface area contributed by atoms with E-state index in [0.29, 0.717) is 0 Å². The van der Waals surface area contributed by atoms with Crippen LogP contribution in [0.4, 0.5) is 0 Å². The number of hydrogen-bond acceptors (Lipinski definition) is 1. The molecule has 5 heteroatoms. The summed E-state index contributed by atoms with van der Waals surface area (Å²) in [5, 5.41) is 0. The summed E-state index contributed by atoms with van der Waals surface area (Å²) in [6.45, 7) is 0. The molecule has 65 valence electrons. The fraction of sp³-hybridized carbons (Fsp3) is 0. The second kappa shape index (κ2) is 6.57. The van der Waals surface area contributed by atoms with Crippen LogP contribution in [-0.2, 0) is 20.0 Å². The molecule has 0 spiro atoms. The molecule has 0 heterocycles. The molecule has 0 aliphatic heterocycles. The molecule has 0 radical (unpaired) electrons. The Hall–Kier alpha value is -0.136. The third kappa shape index (κ3) is 9.86. The molecule has 1 aromatic carbocycles. The molecule has 0 aliphatic carbocycles. The Labute approximate surface area is 73.4 Å². The Balaban J connectivity index is 0.000000218. The van der Waals surface area contributed by atoms with Crippen LogP contribution >= 0.6 is 8.25 Å². The van der Waals surface area contributed by atoms with E-state index in [-0.39, 0.29) is 0 Å². The zero-order valence-electron chi connectivity index (χ0n) is 5.51. The molecule has 3 nitrogen and oxygen atoms in total. The normalized spacial score (nSPS) is 8.82. The molecule has 2 N–H and O–H groups in total. The second-order valence-electron chi connectivity index (χ2n) is 1.54. The Kier molecular flexibility index (Phi) is 6.48. The Morgan fingerprint density at radius 1 is 1.18 bits per heavy atom. The van der Waals surface area contributed by atoms with Crippen molar-refractivity contribution < 1.29 is 29.8 Å². The van der Waals surface area contributed by atoms with Gasteiger partial charge in [-0.3, -0.25) is 4.57 Å². The minimum atomic E-state index is -3.13. The Morgan fingerprint density at radius 2 is 1.55 bits per heavy atom. The monoisotopic (exact) mass is 217 g/mol. The first-order valence-electron chi connectivity index (χ1n) is 2.72. The summed E-state index contributed by atoms with van der Waals surface area (Å²) in [4.78, 5) is 14.3. The third-order valence-corrected chi connectivity index (χ3v) is 1.04.